The zero-order chi connectivity index (χ0) is 14.4. The molecule has 1 fully saturated rings. The maximum atomic E-state index is 4.75. The van der Waals surface area contributed by atoms with Gasteiger partial charge >= 0.3 is 0 Å². The van der Waals surface area contributed by atoms with E-state index in [-0.39, 0.29) is 0 Å². The molecular weight excluding hydrogens is 264 g/mol. The molecule has 2 unspecified atom stereocenters. The van der Waals surface area contributed by atoms with Crippen LogP contribution in [0, 0.1) is 5.92 Å². The molecule has 3 heteroatoms. The van der Waals surface area contributed by atoms with E-state index in [2.05, 4.69) is 56.4 Å². The van der Waals surface area contributed by atoms with Crippen LogP contribution in [0.2, 0.25) is 0 Å². The summed E-state index contributed by atoms with van der Waals surface area (Å²) in [6.45, 7) is 7.76. The van der Waals surface area contributed by atoms with Crippen molar-refractivity contribution in [2.24, 2.45) is 10.9 Å². The predicted molar refractivity (Wildman–Crippen MR) is 90.6 cm³/mol. The number of benzene rings is 1. The smallest absolute Gasteiger partial charge is 0.156 e. The Kier molecular flexibility index (Phi) is 5.96. The zero-order valence-corrected chi connectivity index (χ0v) is 13.6. The van der Waals surface area contributed by atoms with Gasteiger partial charge in [0.25, 0.3) is 0 Å². The van der Waals surface area contributed by atoms with Gasteiger partial charge in [-0.1, -0.05) is 62.9 Å². The van der Waals surface area contributed by atoms with Gasteiger partial charge in [0.15, 0.2) is 5.17 Å². The third kappa shape index (κ3) is 4.55. The summed E-state index contributed by atoms with van der Waals surface area (Å²) in [4.78, 5) is 4.75. The molecule has 0 aromatic heterocycles. The van der Waals surface area contributed by atoms with Gasteiger partial charge in [-0.3, -0.25) is 4.99 Å². The average Bonchev–Trinajstić information content (AvgIpc) is 2.48. The Balaban J connectivity index is 1.81. The first-order chi connectivity index (χ1) is 9.66. The fourth-order valence-corrected chi connectivity index (χ4v) is 3.44. The van der Waals surface area contributed by atoms with Crippen molar-refractivity contribution in [2.75, 3.05) is 12.3 Å². The average molecular weight is 290 g/mol. The first-order valence-electron chi connectivity index (χ1n) is 7.65. The molecule has 0 spiro atoms. The highest BCUT2D eigenvalue weighted by atomic mass is 32.2. The van der Waals surface area contributed by atoms with Gasteiger partial charge in [-0.15, -0.1) is 0 Å². The highest BCUT2D eigenvalue weighted by Gasteiger charge is 2.19. The summed E-state index contributed by atoms with van der Waals surface area (Å²) in [6, 6.07) is 11.3. The molecule has 1 aliphatic heterocycles. The molecule has 2 nitrogen and oxygen atoms in total. The molecular formula is C17H26N2S. The SMILES string of the molecule is CC(CCN=C1NC(C(C)C)CCS1)c1ccccc1. The van der Waals surface area contributed by atoms with Gasteiger partial charge in [0.1, 0.15) is 0 Å². The van der Waals surface area contributed by atoms with E-state index in [1.54, 1.807) is 0 Å². The van der Waals surface area contributed by atoms with Crippen molar-refractivity contribution in [2.45, 2.75) is 45.6 Å². The number of thioether (sulfide) groups is 1. The molecule has 1 heterocycles. The first-order valence-corrected chi connectivity index (χ1v) is 8.64. The highest BCUT2D eigenvalue weighted by molar-refractivity contribution is 8.13. The third-order valence-electron chi connectivity index (χ3n) is 3.97. The van der Waals surface area contributed by atoms with Gasteiger partial charge in [0, 0.05) is 18.3 Å². The molecule has 0 saturated carbocycles. The van der Waals surface area contributed by atoms with Gasteiger partial charge in [0.05, 0.1) is 0 Å². The van der Waals surface area contributed by atoms with Gasteiger partial charge in [-0.2, -0.15) is 0 Å². The van der Waals surface area contributed by atoms with E-state index >= 15 is 0 Å². The topological polar surface area (TPSA) is 24.4 Å². The summed E-state index contributed by atoms with van der Waals surface area (Å²) in [5.74, 6) is 2.46. The highest BCUT2D eigenvalue weighted by Crippen LogP contribution is 2.21. The van der Waals surface area contributed by atoms with Crippen LogP contribution in [0.5, 0.6) is 0 Å². The second-order valence-electron chi connectivity index (χ2n) is 5.92. The molecule has 2 atom stereocenters. The summed E-state index contributed by atoms with van der Waals surface area (Å²) in [5, 5.41) is 4.73. The molecule has 20 heavy (non-hydrogen) atoms. The van der Waals surface area contributed by atoms with E-state index in [1.807, 2.05) is 11.8 Å². The lowest BCUT2D eigenvalue weighted by Crippen LogP contribution is -2.41. The minimum absolute atomic E-state index is 0.579. The standard InChI is InChI=1S/C17H26N2S/c1-13(2)16-10-12-20-17(19-16)18-11-9-14(3)15-7-5-4-6-8-15/h4-8,13-14,16H,9-12H2,1-3H3,(H,18,19). The minimum Gasteiger partial charge on any atom is -0.362 e. The fraction of sp³-hybridized carbons (Fsp3) is 0.588. The van der Waals surface area contributed by atoms with E-state index < -0.39 is 0 Å². The van der Waals surface area contributed by atoms with E-state index in [0.717, 1.165) is 18.1 Å². The lowest BCUT2D eigenvalue weighted by molar-refractivity contribution is 0.442. The number of amidine groups is 1. The van der Waals surface area contributed by atoms with Crippen molar-refractivity contribution in [3.05, 3.63) is 35.9 Å². The Morgan fingerprint density at radius 2 is 2.00 bits per heavy atom. The summed E-state index contributed by atoms with van der Waals surface area (Å²) in [6.07, 6.45) is 2.36. The van der Waals surface area contributed by atoms with Crippen molar-refractivity contribution in [3.8, 4) is 0 Å². The molecule has 1 N–H and O–H groups in total. The van der Waals surface area contributed by atoms with Gasteiger partial charge < -0.3 is 5.32 Å². The monoisotopic (exact) mass is 290 g/mol. The molecule has 0 amide bonds. The molecule has 0 bridgehead atoms. The van der Waals surface area contributed by atoms with Gasteiger partial charge in [-0.05, 0) is 30.2 Å². The Morgan fingerprint density at radius 1 is 1.25 bits per heavy atom. The Labute approximate surface area is 127 Å². The maximum Gasteiger partial charge on any atom is 0.156 e. The number of rotatable bonds is 5. The summed E-state index contributed by atoms with van der Waals surface area (Å²) < 4.78 is 0. The Hall–Kier alpha value is -0.960. The molecule has 1 aliphatic rings. The van der Waals surface area contributed by atoms with Crippen LogP contribution in [0.1, 0.15) is 45.1 Å². The van der Waals surface area contributed by atoms with E-state index in [4.69, 9.17) is 4.99 Å². The number of aliphatic imine (C=N–C) groups is 1. The van der Waals surface area contributed by atoms with E-state index in [0.29, 0.717) is 17.9 Å². The van der Waals surface area contributed by atoms with Crippen LogP contribution in [0.3, 0.4) is 0 Å². The molecule has 110 valence electrons. The van der Waals surface area contributed by atoms with Crippen LogP contribution in [0.15, 0.2) is 35.3 Å². The molecule has 0 radical (unpaired) electrons. The largest absolute Gasteiger partial charge is 0.362 e. The Bertz CT molecular complexity index is 428. The predicted octanol–water partition coefficient (Wildman–Crippen LogP) is 4.29. The summed E-state index contributed by atoms with van der Waals surface area (Å²) in [5.41, 5.74) is 1.41. The molecule has 1 aromatic carbocycles. The quantitative estimate of drug-likeness (QED) is 0.875. The molecule has 0 aliphatic carbocycles. The number of hydrogen-bond donors (Lipinski definition) is 1. The first kappa shape index (κ1) is 15.4. The zero-order valence-electron chi connectivity index (χ0n) is 12.8. The molecule has 1 saturated heterocycles. The summed E-state index contributed by atoms with van der Waals surface area (Å²) >= 11 is 1.87. The van der Waals surface area contributed by atoms with Gasteiger partial charge in [-0.25, -0.2) is 0 Å². The lowest BCUT2D eigenvalue weighted by atomic mass is 9.98. The number of nitrogens with zero attached hydrogens (tertiary/aromatic N) is 1. The number of nitrogens with one attached hydrogen (secondary N) is 1. The van der Waals surface area contributed by atoms with E-state index in [9.17, 15) is 0 Å². The van der Waals surface area contributed by atoms with Crippen LogP contribution in [0.4, 0.5) is 0 Å². The van der Waals surface area contributed by atoms with Crippen LogP contribution >= 0.6 is 11.8 Å². The third-order valence-corrected chi connectivity index (χ3v) is 4.93. The van der Waals surface area contributed by atoms with Crippen LogP contribution in [-0.4, -0.2) is 23.5 Å². The van der Waals surface area contributed by atoms with E-state index in [1.165, 1.54) is 17.7 Å². The van der Waals surface area contributed by atoms with Crippen molar-refractivity contribution >= 4 is 16.9 Å². The van der Waals surface area contributed by atoms with Crippen molar-refractivity contribution in [3.63, 3.8) is 0 Å². The summed E-state index contributed by atoms with van der Waals surface area (Å²) in [7, 11) is 0. The van der Waals surface area contributed by atoms with Crippen LogP contribution in [-0.2, 0) is 0 Å². The van der Waals surface area contributed by atoms with Crippen molar-refractivity contribution in [1.29, 1.82) is 0 Å². The molecule has 2 rings (SSSR count). The Morgan fingerprint density at radius 3 is 2.70 bits per heavy atom. The molecule has 1 aromatic rings. The van der Waals surface area contributed by atoms with Crippen LogP contribution in [0.25, 0.3) is 0 Å². The van der Waals surface area contributed by atoms with Gasteiger partial charge in [0.2, 0.25) is 0 Å². The van der Waals surface area contributed by atoms with Crippen molar-refractivity contribution in [1.82, 2.24) is 5.32 Å². The lowest BCUT2D eigenvalue weighted by Gasteiger charge is -2.28. The van der Waals surface area contributed by atoms with Crippen molar-refractivity contribution < 1.29 is 0 Å². The second kappa shape index (κ2) is 7.72. The normalized spacial score (nSPS) is 22.8. The number of hydrogen-bond acceptors (Lipinski definition) is 2. The fourth-order valence-electron chi connectivity index (χ4n) is 2.45. The van der Waals surface area contributed by atoms with Crippen LogP contribution < -0.4 is 5.32 Å². The minimum atomic E-state index is 0.579. The second-order valence-corrected chi connectivity index (χ2v) is 7.00. The maximum absolute atomic E-state index is 4.75.